The molecule has 0 spiro atoms. The van der Waals surface area contributed by atoms with E-state index in [1.54, 1.807) is 25.1 Å². The zero-order valence-corrected chi connectivity index (χ0v) is 15.4. The minimum absolute atomic E-state index is 0.0154. The van der Waals surface area contributed by atoms with Crippen LogP contribution in [0.25, 0.3) is 5.95 Å². The molecule has 0 aliphatic carbocycles. The summed E-state index contributed by atoms with van der Waals surface area (Å²) in [6.45, 7) is 3.71. The fraction of sp³-hybridized carbons (Fsp3) is 0.211. The molecule has 1 amide bonds. The Morgan fingerprint density at radius 2 is 1.93 bits per heavy atom. The average Bonchev–Trinajstić information content (AvgIpc) is 3.01. The molecule has 2 heterocycles. The molecule has 0 atom stereocenters. The van der Waals surface area contributed by atoms with Crippen molar-refractivity contribution in [1.29, 1.82) is 0 Å². The number of aromatic nitrogens is 4. The first-order valence-electron chi connectivity index (χ1n) is 8.70. The Hall–Kier alpha value is -3.75. The zero-order valence-electron chi connectivity index (χ0n) is 15.4. The van der Waals surface area contributed by atoms with Crippen LogP contribution in [0.5, 0.6) is 0 Å². The van der Waals surface area contributed by atoms with Gasteiger partial charge in [0, 0.05) is 17.8 Å². The highest BCUT2D eigenvalue weighted by Crippen LogP contribution is 2.17. The lowest BCUT2D eigenvalue weighted by Gasteiger charge is -2.10. The SMILES string of the molecule is CCCc1cc(=O)[nH]c(-n2nc(C)cc2NC(=O)c2ccccc2C(=O)O)n1. The van der Waals surface area contributed by atoms with E-state index < -0.39 is 11.9 Å². The topological polar surface area (TPSA) is 130 Å². The van der Waals surface area contributed by atoms with Crippen molar-refractivity contribution in [3.05, 3.63) is 69.3 Å². The molecule has 28 heavy (non-hydrogen) atoms. The monoisotopic (exact) mass is 381 g/mol. The molecule has 0 aliphatic rings. The van der Waals surface area contributed by atoms with Gasteiger partial charge in [-0.25, -0.2) is 9.78 Å². The predicted octanol–water partition coefficient (Wildman–Crippen LogP) is 2.17. The number of aromatic amines is 1. The van der Waals surface area contributed by atoms with Crippen LogP contribution < -0.4 is 10.9 Å². The van der Waals surface area contributed by atoms with Gasteiger partial charge in [-0.2, -0.15) is 9.78 Å². The molecule has 0 aliphatic heterocycles. The highest BCUT2D eigenvalue weighted by atomic mass is 16.4. The van der Waals surface area contributed by atoms with Crippen LogP contribution in [-0.2, 0) is 6.42 Å². The Kier molecular flexibility index (Phi) is 5.35. The van der Waals surface area contributed by atoms with Crippen LogP contribution in [-0.4, -0.2) is 36.7 Å². The highest BCUT2D eigenvalue weighted by Gasteiger charge is 2.19. The third-order valence-corrected chi connectivity index (χ3v) is 3.96. The van der Waals surface area contributed by atoms with Crippen LogP contribution in [0, 0.1) is 6.92 Å². The number of carboxylic acid groups (broad SMARTS) is 1. The van der Waals surface area contributed by atoms with Crippen LogP contribution in [0.15, 0.2) is 41.2 Å². The standard InChI is InChI=1S/C19H19N5O4/c1-3-6-12-10-16(25)22-19(20-12)24-15(9-11(2)23-24)21-17(26)13-7-4-5-8-14(13)18(27)28/h4-5,7-10H,3,6H2,1-2H3,(H,21,26)(H,27,28)(H,20,22,25). The van der Waals surface area contributed by atoms with E-state index in [1.807, 2.05) is 6.92 Å². The summed E-state index contributed by atoms with van der Waals surface area (Å²) in [6, 6.07) is 8.93. The van der Waals surface area contributed by atoms with Gasteiger partial charge in [0.1, 0.15) is 5.82 Å². The Balaban J connectivity index is 1.99. The molecule has 0 bridgehead atoms. The molecule has 9 heteroatoms. The molecule has 0 fully saturated rings. The highest BCUT2D eigenvalue weighted by molar-refractivity contribution is 6.10. The number of anilines is 1. The van der Waals surface area contributed by atoms with Crippen LogP contribution in [0.4, 0.5) is 5.82 Å². The first-order chi connectivity index (χ1) is 13.4. The Labute approximate surface area is 160 Å². The summed E-state index contributed by atoms with van der Waals surface area (Å²) < 4.78 is 1.32. The minimum Gasteiger partial charge on any atom is -0.478 e. The van der Waals surface area contributed by atoms with E-state index in [4.69, 9.17) is 0 Å². The minimum atomic E-state index is -1.20. The third kappa shape index (κ3) is 3.98. The zero-order chi connectivity index (χ0) is 20.3. The second-order valence-electron chi connectivity index (χ2n) is 6.20. The lowest BCUT2D eigenvalue weighted by atomic mass is 10.1. The van der Waals surface area contributed by atoms with Gasteiger partial charge < -0.3 is 10.4 Å². The fourth-order valence-corrected chi connectivity index (χ4v) is 2.78. The van der Waals surface area contributed by atoms with Gasteiger partial charge in [0.2, 0.25) is 5.95 Å². The van der Waals surface area contributed by atoms with Gasteiger partial charge in [-0.05, 0) is 25.5 Å². The number of hydrogen-bond donors (Lipinski definition) is 3. The van der Waals surface area contributed by atoms with Crippen molar-refractivity contribution < 1.29 is 14.7 Å². The maximum Gasteiger partial charge on any atom is 0.336 e. The molecule has 3 rings (SSSR count). The van der Waals surface area contributed by atoms with Gasteiger partial charge in [0.05, 0.1) is 16.8 Å². The van der Waals surface area contributed by atoms with Crippen LogP contribution in [0.3, 0.4) is 0 Å². The van der Waals surface area contributed by atoms with E-state index >= 15 is 0 Å². The number of nitrogens with one attached hydrogen (secondary N) is 2. The van der Waals surface area contributed by atoms with Crippen molar-refractivity contribution in [3.63, 3.8) is 0 Å². The van der Waals surface area contributed by atoms with E-state index in [9.17, 15) is 19.5 Å². The normalized spacial score (nSPS) is 10.6. The molecule has 2 aromatic heterocycles. The first-order valence-corrected chi connectivity index (χ1v) is 8.70. The molecule has 0 saturated heterocycles. The van der Waals surface area contributed by atoms with Crippen molar-refractivity contribution in [2.24, 2.45) is 0 Å². The van der Waals surface area contributed by atoms with Gasteiger partial charge in [-0.1, -0.05) is 25.5 Å². The number of H-pyrrole nitrogens is 1. The molecule has 144 valence electrons. The summed E-state index contributed by atoms with van der Waals surface area (Å²) in [6.07, 6.45) is 1.45. The lowest BCUT2D eigenvalue weighted by molar-refractivity contribution is 0.0692. The summed E-state index contributed by atoms with van der Waals surface area (Å²) in [4.78, 5) is 43.0. The van der Waals surface area contributed by atoms with Crippen LogP contribution >= 0.6 is 0 Å². The molecule has 0 radical (unpaired) electrons. The fourth-order valence-electron chi connectivity index (χ4n) is 2.78. The van der Waals surface area contributed by atoms with Gasteiger partial charge in [-0.3, -0.25) is 14.6 Å². The maximum absolute atomic E-state index is 12.7. The van der Waals surface area contributed by atoms with Gasteiger partial charge in [0.15, 0.2) is 0 Å². The Morgan fingerprint density at radius 1 is 1.21 bits per heavy atom. The number of amides is 1. The van der Waals surface area contributed by atoms with Crippen LogP contribution in [0.2, 0.25) is 0 Å². The number of carbonyl (C=O) groups excluding carboxylic acids is 1. The molecule has 9 nitrogen and oxygen atoms in total. The summed E-state index contributed by atoms with van der Waals surface area (Å²) in [7, 11) is 0. The molecule has 3 aromatic rings. The summed E-state index contributed by atoms with van der Waals surface area (Å²) >= 11 is 0. The predicted molar refractivity (Wildman–Crippen MR) is 102 cm³/mol. The number of aromatic carboxylic acids is 1. The molecule has 0 saturated carbocycles. The van der Waals surface area contributed by atoms with Crippen molar-refractivity contribution in [1.82, 2.24) is 19.7 Å². The molecular formula is C19H19N5O4. The number of benzene rings is 1. The molecule has 3 N–H and O–H groups in total. The van der Waals surface area contributed by atoms with Gasteiger partial charge in [0.25, 0.3) is 11.5 Å². The first kappa shape index (κ1) is 19.0. The van der Waals surface area contributed by atoms with Gasteiger partial charge in [-0.15, -0.1) is 0 Å². The summed E-state index contributed by atoms with van der Waals surface area (Å²) in [5.74, 6) is -1.37. The number of nitrogens with zero attached hydrogens (tertiary/aromatic N) is 3. The molecule has 0 unspecified atom stereocenters. The molecule has 1 aromatic carbocycles. The Bertz CT molecular complexity index is 1100. The summed E-state index contributed by atoms with van der Waals surface area (Å²) in [5.41, 5.74) is 0.782. The van der Waals surface area contributed by atoms with Gasteiger partial charge >= 0.3 is 5.97 Å². The summed E-state index contributed by atoms with van der Waals surface area (Å²) in [5, 5.41) is 16.2. The van der Waals surface area contributed by atoms with E-state index in [0.717, 1.165) is 6.42 Å². The number of carbonyl (C=O) groups is 2. The lowest BCUT2D eigenvalue weighted by Crippen LogP contribution is -2.20. The number of rotatable bonds is 6. The quantitative estimate of drug-likeness (QED) is 0.600. The smallest absolute Gasteiger partial charge is 0.336 e. The molecular weight excluding hydrogens is 362 g/mol. The van der Waals surface area contributed by atoms with E-state index in [1.165, 1.54) is 22.9 Å². The second-order valence-corrected chi connectivity index (χ2v) is 6.20. The Morgan fingerprint density at radius 3 is 2.61 bits per heavy atom. The van der Waals surface area contributed by atoms with Crippen molar-refractivity contribution in [3.8, 4) is 5.95 Å². The maximum atomic E-state index is 12.7. The third-order valence-electron chi connectivity index (χ3n) is 3.96. The average molecular weight is 381 g/mol. The van der Waals surface area contributed by atoms with Crippen molar-refractivity contribution in [2.45, 2.75) is 26.7 Å². The van der Waals surface area contributed by atoms with Crippen LogP contribution in [0.1, 0.15) is 45.4 Å². The van der Waals surface area contributed by atoms with E-state index in [0.29, 0.717) is 17.8 Å². The largest absolute Gasteiger partial charge is 0.478 e. The van der Waals surface area contributed by atoms with E-state index in [-0.39, 0.29) is 28.5 Å². The van der Waals surface area contributed by atoms with E-state index in [2.05, 4.69) is 20.4 Å². The van der Waals surface area contributed by atoms with Crippen molar-refractivity contribution in [2.75, 3.05) is 5.32 Å². The number of carboxylic acids is 1. The second kappa shape index (κ2) is 7.87. The number of aryl methyl sites for hydroxylation is 2. The van der Waals surface area contributed by atoms with Crippen molar-refractivity contribution >= 4 is 17.7 Å². The number of hydrogen-bond acceptors (Lipinski definition) is 5.